The van der Waals surface area contributed by atoms with E-state index >= 15 is 0 Å². The summed E-state index contributed by atoms with van der Waals surface area (Å²) < 4.78 is 0. The summed E-state index contributed by atoms with van der Waals surface area (Å²) in [6.45, 7) is 0. The minimum Gasteiger partial charge on any atom is -0.256 e. The monoisotopic (exact) mass is 263 g/mol. The van der Waals surface area contributed by atoms with Gasteiger partial charge >= 0.3 is 0 Å². The van der Waals surface area contributed by atoms with E-state index in [1.165, 1.54) is 12.2 Å². The third-order valence-corrected chi connectivity index (χ3v) is 2.45. The standard InChI is InChI=1S/C15H9N3O2/c19-10-17-14-3-1-12(2-4-14)9-16-13-5-7-15(8-6-13)18-11-20/h1-9H. The molecule has 0 saturated heterocycles. The molecule has 0 radical (unpaired) electrons. The summed E-state index contributed by atoms with van der Waals surface area (Å²) in [5.74, 6) is 0. The highest BCUT2D eigenvalue weighted by molar-refractivity contribution is 5.82. The van der Waals surface area contributed by atoms with E-state index < -0.39 is 0 Å². The Morgan fingerprint density at radius 1 is 0.700 bits per heavy atom. The molecule has 0 N–H and O–H groups in total. The van der Waals surface area contributed by atoms with Crippen LogP contribution in [0.15, 0.2) is 63.5 Å². The van der Waals surface area contributed by atoms with Gasteiger partial charge in [0.1, 0.15) is 0 Å². The largest absolute Gasteiger partial charge is 0.256 e. The van der Waals surface area contributed by atoms with Crippen LogP contribution in [0.25, 0.3) is 0 Å². The first kappa shape index (κ1) is 13.3. The van der Waals surface area contributed by atoms with Gasteiger partial charge in [0.05, 0.1) is 17.1 Å². The van der Waals surface area contributed by atoms with Crippen molar-refractivity contribution in [1.29, 1.82) is 0 Å². The molecule has 0 aliphatic rings. The zero-order valence-corrected chi connectivity index (χ0v) is 10.4. The van der Waals surface area contributed by atoms with Gasteiger partial charge in [-0.1, -0.05) is 12.1 Å². The number of nitrogens with zero attached hydrogens (tertiary/aromatic N) is 3. The zero-order valence-electron chi connectivity index (χ0n) is 10.4. The molecule has 20 heavy (non-hydrogen) atoms. The Kier molecular flexibility index (Phi) is 4.46. The van der Waals surface area contributed by atoms with Crippen LogP contribution < -0.4 is 0 Å². The van der Waals surface area contributed by atoms with Crippen molar-refractivity contribution in [3.8, 4) is 0 Å². The first-order chi connectivity index (χ1) is 9.81. The smallest absolute Gasteiger partial charge is 0.240 e. The Hall–Kier alpha value is -3.13. The summed E-state index contributed by atoms with van der Waals surface area (Å²) in [5, 5.41) is 0. The van der Waals surface area contributed by atoms with Gasteiger partial charge in [-0.25, -0.2) is 9.59 Å². The second-order valence-electron chi connectivity index (χ2n) is 3.77. The molecule has 5 heteroatoms. The number of hydrogen-bond donors (Lipinski definition) is 0. The van der Waals surface area contributed by atoms with E-state index in [2.05, 4.69) is 15.0 Å². The minimum atomic E-state index is 0.537. The van der Waals surface area contributed by atoms with Gasteiger partial charge in [0.25, 0.3) is 0 Å². The maximum Gasteiger partial charge on any atom is 0.240 e. The van der Waals surface area contributed by atoms with Crippen molar-refractivity contribution in [1.82, 2.24) is 0 Å². The molecule has 0 heterocycles. The second-order valence-corrected chi connectivity index (χ2v) is 3.77. The molecular weight excluding hydrogens is 254 g/mol. The van der Waals surface area contributed by atoms with Crippen molar-refractivity contribution in [3.63, 3.8) is 0 Å². The quantitative estimate of drug-likeness (QED) is 0.626. The van der Waals surface area contributed by atoms with E-state index in [4.69, 9.17) is 0 Å². The van der Waals surface area contributed by atoms with Crippen LogP contribution in [-0.4, -0.2) is 18.4 Å². The van der Waals surface area contributed by atoms with Gasteiger partial charge in [-0.15, -0.1) is 0 Å². The number of isocyanates is 2. The summed E-state index contributed by atoms with van der Waals surface area (Å²) in [4.78, 5) is 31.5. The van der Waals surface area contributed by atoms with Crippen molar-refractivity contribution in [2.24, 2.45) is 15.0 Å². The summed E-state index contributed by atoms with van der Waals surface area (Å²) in [6.07, 6.45) is 4.65. The van der Waals surface area contributed by atoms with E-state index in [9.17, 15) is 9.59 Å². The van der Waals surface area contributed by atoms with Crippen molar-refractivity contribution < 1.29 is 9.59 Å². The summed E-state index contributed by atoms with van der Waals surface area (Å²) in [7, 11) is 0. The molecule has 2 rings (SSSR count). The van der Waals surface area contributed by atoms with Crippen molar-refractivity contribution >= 4 is 35.4 Å². The van der Waals surface area contributed by atoms with Crippen LogP contribution in [0.5, 0.6) is 0 Å². The number of aliphatic imine (C=N–C) groups is 3. The minimum absolute atomic E-state index is 0.537. The van der Waals surface area contributed by atoms with E-state index in [1.807, 2.05) is 0 Å². The zero-order chi connectivity index (χ0) is 14.2. The van der Waals surface area contributed by atoms with Gasteiger partial charge in [0.15, 0.2) is 0 Å². The van der Waals surface area contributed by atoms with Crippen LogP contribution >= 0.6 is 0 Å². The molecule has 2 aromatic rings. The lowest BCUT2D eigenvalue weighted by molar-refractivity contribution is 0.564. The topological polar surface area (TPSA) is 71.2 Å². The lowest BCUT2D eigenvalue weighted by Crippen LogP contribution is -1.78. The van der Waals surface area contributed by atoms with Crippen LogP contribution in [0.3, 0.4) is 0 Å². The Bertz CT molecular complexity index is 642. The fraction of sp³-hybridized carbons (Fsp3) is 0. The van der Waals surface area contributed by atoms with Crippen molar-refractivity contribution in [3.05, 3.63) is 54.1 Å². The van der Waals surface area contributed by atoms with E-state index in [-0.39, 0.29) is 0 Å². The summed E-state index contributed by atoms with van der Waals surface area (Å²) >= 11 is 0. The number of benzene rings is 2. The molecule has 0 bridgehead atoms. The average molecular weight is 263 g/mol. The summed E-state index contributed by atoms with van der Waals surface area (Å²) in [6, 6.07) is 13.9. The van der Waals surface area contributed by atoms with Crippen molar-refractivity contribution in [2.75, 3.05) is 0 Å². The SMILES string of the molecule is O=C=Nc1ccc(C=Nc2ccc(N=C=O)cc2)cc1. The summed E-state index contributed by atoms with van der Waals surface area (Å²) in [5.41, 5.74) is 2.71. The van der Waals surface area contributed by atoms with Crippen LogP contribution in [0.1, 0.15) is 5.56 Å². The Labute approximate surface area is 115 Å². The molecule has 0 aliphatic carbocycles. The highest BCUT2D eigenvalue weighted by Gasteiger charge is 1.92. The maximum atomic E-state index is 10.1. The Morgan fingerprint density at radius 2 is 1.15 bits per heavy atom. The molecule has 5 nitrogen and oxygen atoms in total. The van der Waals surface area contributed by atoms with E-state index in [0.29, 0.717) is 11.4 Å². The predicted octanol–water partition coefficient (Wildman–Crippen LogP) is 3.37. The molecule has 0 aliphatic heterocycles. The first-order valence-electron chi connectivity index (χ1n) is 5.72. The van der Waals surface area contributed by atoms with Gasteiger partial charge in [-0.3, -0.25) is 4.99 Å². The third-order valence-electron chi connectivity index (χ3n) is 2.45. The third kappa shape index (κ3) is 3.68. The van der Waals surface area contributed by atoms with Gasteiger partial charge in [0.2, 0.25) is 12.2 Å². The highest BCUT2D eigenvalue weighted by Crippen LogP contribution is 2.18. The van der Waals surface area contributed by atoms with Crippen molar-refractivity contribution in [2.45, 2.75) is 0 Å². The van der Waals surface area contributed by atoms with Gasteiger partial charge in [-0.2, -0.15) is 9.98 Å². The van der Waals surface area contributed by atoms with E-state index in [1.54, 1.807) is 54.7 Å². The molecule has 0 spiro atoms. The molecule has 2 aromatic carbocycles. The fourth-order valence-electron chi connectivity index (χ4n) is 1.50. The fourth-order valence-corrected chi connectivity index (χ4v) is 1.50. The number of hydrogen-bond acceptors (Lipinski definition) is 5. The molecule has 0 amide bonds. The highest BCUT2D eigenvalue weighted by atomic mass is 16.1. The second kappa shape index (κ2) is 6.71. The number of rotatable bonds is 4. The molecular formula is C15H9N3O2. The van der Waals surface area contributed by atoms with Crippen LogP contribution in [0.2, 0.25) is 0 Å². The van der Waals surface area contributed by atoms with Crippen LogP contribution in [-0.2, 0) is 9.59 Å². The van der Waals surface area contributed by atoms with E-state index in [0.717, 1.165) is 11.3 Å². The predicted molar refractivity (Wildman–Crippen MR) is 75.7 cm³/mol. The molecule has 96 valence electrons. The maximum absolute atomic E-state index is 10.1. The molecule has 0 atom stereocenters. The Morgan fingerprint density at radius 3 is 1.65 bits per heavy atom. The van der Waals surface area contributed by atoms with Gasteiger partial charge in [-0.05, 0) is 42.0 Å². The van der Waals surface area contributed by atoms with Crippen LogP contribution in [0.4, 0.5) is 17.1 Å². The molecule has 0 aromatic heterocycles. The molecule has 0 unspecified atom stereocenters. The molecule has 0 fully saturated rings. The van der Waals surface area contributed by atoms with Gasteiger partial charge in [0, 0.05) is 6.21 Å². The number of carbonyl (C=O) groups excluding carboxylic acids is 2. The van der Waals surface area contributed by atoms with Gasteiger partial charge < -0.3 is 0 Å². The first-order valence-corrected chi connectivity index (χ1v) is 5.72. The molecule has 0 saturated carbocycles. The van der Waals surface area contributed by atoms with Crippen LogP contribution in [0, 0.1) is 0 Å². The normalized spacial score (nSPS) is 9.80. The lowest BCUT2D eigenvalue weighted by Gasteiger charge is -1.95. The lowest BCUT2D eigenvalue weighted by atomic mass is 10.2. The Balaban J connectivity index is 2.12. The average Bonchev–Trinajstić information content (AvgIpc) is 2.49.